The monoisotopic (exact) mass is 567 g/mol. The van der Waals surface area contributed by atoms with E-state index in [0.29, 0.717) is 25.9 Å². The van der Waals surface area contributed by atoms with Gasteiger partial charge in [0.1, 0.15) is 0 Å². The Bertz CT molecular complexity index is 1400. The van der Waals surface area contributed by atoms with Crippen LogP contribution in [-0.4, -0.2) is 48.1 Å². The van der Waals surface area contributed by atoms with Gasteiger partial charge in [-0.25, -0.2) is 8.42 Å². The number of sulfonamides is 1. The highest BCUT2D eigenvalue weighted by Crippen LogP contribution is 2.21. The molecule has 1 heterocycles. The van der Waals surface area contributed by atoms with Crippen LogP contribution >= 0.6 is 15.9 Å². The molecule has 0 spiro atoms. The van der Waals surface area contributed by atoms with E-state index < -0.39 is 10.0 Å². The maximum absolute atomic E-state index is 13.6. The summed E-state index contributed by atoms with van der Waals surface area (Å²) in [5.74, 6) is -0.215. The Labute approximate surface area is 221 Å². The van der Waals surface area contributed by atoms with Crippen molar-refractivity contribution in [3.63, 3.8) is 0 Å². The van der Waals surface area contributed by atoms with Crippen molar-refractivity contribution >= 4 is 42.8 Å². The smallest absolute Gasteiger partial charge is 0.243 e. The Hall–Kier alpha value is -2.94. The second kappa shape index (κ2) is 11.9. The molecule has 188 valence electrons. The minimum atomic E-state index is -3.81. The predicted molar refractivity (Wildman–Crippen MR) is 147 cm³/mol. The van der Waals surface area contributed by atoms with E-state index >= 15 is 0 Å². The first-order chi connectivity index (χ1) is 17.4. The van der Waals surface area contributed by atoms with E-state index in [2.05, 4.69) is 27.0 Å². The lowest BCUT2D eigenvalue weighted by Gasteiger charge is -2.27. The second-order valence-corrected chi connectivity index (χ2v) is 11.6. The second-order valence-electron chi connectivity index (χ2n) is 8.70. The van der Waals surface area contributed by atoms with E-state index in [9.17, 15) is 13.2 Å². The standard InChI is InChI=1S/C28H30BrN3O3S/c1-2-17-32(36(34,35)25-14-12-24(29)13-15-25)21-28(33)31(20-22-8-4-3-5-9-22)18-16-23-19-30-27-11-7-6-10-26(23)27/h3-15,19,30H,2,16-18,20-21H2,1H3. The molecule has 0 atom stereocenters. The summed E-state index contributed by atoms with van der Waals surface area (Å²) in [6.07, 6.45) is 3.25. The number of nitrogens with one attached hydrogen (secondary N) is 1. The van der Waals surface area contributed by atoms with Gasteiger partial charge in [-0.1, -0.05) is 71.4 Å². The number of carbonyl (C=O) groups is 1. The fourth-order valence-corrected chi connectivity index (χ4v) is 5.98. The van der Waals surface area contributed by atoms with Crippen LogP contribution in [0.3, 0.4) is 0 Å². The predicted octanol–water partition coefficient (Wildman–Crippen LogP) is 5.60. The van der Waals surface area contributed by atoms with E-state index in [4.69, 9.17) is 0 Å². The zero-order chi connectivity index (χ0) is 25.5. The molecular weight excluding hydrogens is 538 g/mol. The van der Waals surface area contributed by atoms with Gasteiger partial charge in [0, 0.05) is 41.2 Å². The number of carbonyl (C=O) groups excluding carboxylic acids is 1. The first-order valence-electron chi connectivity index (χ1n) is 12.0. The van der Waals surface area contributed by atoms with Crippen molar-refractivity contribution in [1.82, 2.24) is 14.2 Å². The van der Waals surface area contributed by atoms with Crippen LogP contribution in [0.15, 0.2) is 94.4 Å². The summed E-state index contributed by atoms with van der Waals surface area (Å²) in [7, 11) is -3.81. The van der Waals surface area contributed by atoms with Crippen LogP contribution in [0, 0.1) is 0 Å². The van der Waals surface area contributed by atoms with Gasteiger partial charge >= 0.3 is 0 Å². The van der Waals surface area contributed by atoms with E-state index in [-0.39, 0.29) is 23.9 Å². The number of amides is 1. The average Bonchev–Trinajstić information content (AvgIpc) is 3.30. The summed E-state index contributed by atoms with van der Waals surface area (Å²) in [4.78, 5) is 18.8. The average molecular weight is 569 g/mol. The Morgan fingerprint density at radius 1 is 0.917 bits per heavy atom. The van der Waals surface area contributed by atoms with Gasteiger partial charge < -0.3 is 9.88 Å². The van der Waals surface area contributed by atoms with Gasteiger partial charge in [0.25, 0.3) is 0 Å². The quantitative estimate of drug-likeness (QED) is 0.256. The molecule has 4 aromatic rings. The van der Waals surface area contributed by atoms with Crippen molar-refractivity contribution in [1.29, 1.82) is 0 Å². The van der Waals surface area contributed by atoms with Crippen LogP contribution in [0.2, 0.25) is 0 Å². The van der Waals surface area contributed by atoms with Crippen LogP contribution in [0.5, 0.6) is 0 Å². The number of hydrogen-bond donors (Lipinski definition) is 1. The summed E-state index contributed by atoms with van der Waals surface area (Å²) in [5.41, 5.74) is 3.19. The summed E-state index contributed by atoms with van der Waals surface area (Å²) in [6.45, 7) is 2.88. The minimum Gasteiger partial charge on any atom is -0.361 e. The number of H-pyrrole nitrogens is 1. The molecule has 0 fully saturated rings. The zero-order valence-corrected chi connectivity index (χ0v) is 22.6. The minimum absolute atomic E-state index is 0.181. The zero-order valence-electron chi connectivity index (χ0n) is 20.2. The summed E-state index contributed by atoms with van der Waals surface area (Å²) in [6, 6.07) is 24.4. The van der Waals surface area contributed by atoms with Crippen molar-refractivity contribution in [3.05, 3.63) is 101 Å². The van der Waals surface area contributed by atoms with Crippen LogP contribution in [-0.2, 0) is 27.8 Å². The summed E-state index contributed by atoms with van der Waals surface area (Å²) < 4.78 is 28.8. The SMILES string of the molecule is CCCN(CC(=O)N(CCc1c[nH]c2ccccc12)Cc1ccccc1)S(=O)(=O)c1ccc(Br)cc1. The van der Waals surface area contributed by atoms with Crippen molar-refractivity contribution in [2.24, 2.45) is 0 Å². The number of aromatic nitrogens is 1. The molecule has 1 aromatic heterocycles. The lowest BCUT2D eigenvalue weighted by molar-refractivity contribution is -0.132. The van der Waals surface area contributed by atoms with Gasteiger partial charge in [0.2, 0.25) is 15.9 Å². The molecule has 0 aliphatic heterocycles. The molecule has 1 N–H and O–H groups in total. The summed E-state index contributed by atoms with van der Waals surface area (Å²) >= 11 is 3.35. The largest absolute Gasteiger partial charge is 0.361 e. The van der Waals surface area contributed by atoms with Gasteiger partial charge in [-0.15, -0.1) is 0 Å². The molecule has 0 saturated heterocycles. The number of rotatable bonds is 11. The van der Waals surface area contributed by atoms with E-state index in [0.717, 1.165) is 26.5 Å². The third-order valence-corrected chi connectivity index (χ3v) is 8.52. The molecule has 0 unspecified atom stereocenters. The molecular formula is C28H30BrN3O3S. The first kappa shape index (κ1) is 26.1. The number of benzene rings is 3. The molecule has 1 amide bonds. The molecule has 0 radical (unpaired) electrons. The van der Waals surface area contributed by atoms with Crippen LogP contribution < -0.4 is 0 Å². The van der Waals surface area contributed by atoms with Gasteiger partial charge in [-0.3, -0.25) is 4.79 Å². The van der Waals surface area contributed by atoms with E-state index in [1.54, 1.807) is 29.2 Å². The van der Waals surface area contributed by atoms with E-state index in [1.807, 2.05) is 61.7 Å². The molecule has 3 aromatic carbocycles. The summed E-state index contributed by atoms with van der Waals surface area (Å²) in [5, 5.41) is 1.13. The van der Waals surface area contributed by atoms with Crippen molar-refractivity contribution in [2.45, 2.75) is 31.2 Å². The number of fused-ring (bicyclic) bond motifs is 1. The molecule has 4 rings (SSSR count). The molecule has 0 saturated carbocycles. The van der Waals surface area contributed by atoms with Crippen molar-refractivity contribution in [2.75, 3.05) is 19.6 Å². The number of nitrogens with zero attached hydrogens (tertiary/aromatic N) is 2. The van der Waals surface area contributed by atoms with Gasteiger partial charge in [-0.2, -0.15) is 4.31 Å². The van der Waals surface area contributed by atoms with Gasteiger partial charge in [0.05, 0.1) is 11.4 Å². The molecule has 0 bridgehead atoms. The Morgan fingerprint density at radius 2 is 1.61 bits per heavy atom. The molecule has 0 aliphatic carbocycles. The fourth-order valence-electron chi connectivity index (χ4n) is 4.23. The molecule has 8 heteroatoms. The third-order valence-electron chi connectivity index (χ3n) is 6.13. The Kier molecular flexibility index (Phi) is 8.61. The van der Waals surface area contributed by atoms with Crippen molar-refractivity contribution < 1.29 is 13.2 Å². The van der Waals surface area contributed by atoms with Crippen LogP contribution in [0.4, 0.5) is 0 Å². The highest BCUT2D eigenvalue weighted by atomic mass is 79.9. The molecule has 36 heavy (non-hydrogen) atoms. The normalized spacial score (nSPS) is 11.8. The Morgan fingerprint density at radius 3 is 2.33 bits per heavy atom. The van der Waals surface area contributed by atoms with E-state index in [1.165, 1.54) is 4.31 Å². The maximum Gasteiger partial charge on any atom is 0.243 e. The molecule has 6 nitrogen and oxygen atoms in total. The van der Waals surface area contributed by atoms with Gasteiger partial charge in [0.15, 0.2) is 0 Å². The molecule has 0 aliphatic rings. The van der Waals surface area contributed by atoms with Crippen LogP contribution in [0.25, 0.3) is 10.9 Å². The fraction of sp³-hybridized carbons (Fsp3) is 0.250. The lowest BCUT2D eigenvalue weighted by atomic mass is 10.1. The topological polar surface area (TPSA) is 73.5 Å². The number of hydrogen-bond acceptors (Lipinski definition) is 3. The highest BCUT2D eigenvalue weighted by Gasteiger charge is 2.28. The lowest BCUT2D eigenvalue weighted by Crippen LogP contribution is -2.43. The Balaban J connectivity index is 1.56. The van der Waals surface area contributed by atoms with Crippen LogP contribution in [0.1, 0.15) is 24.5 Å². The van der Waals surface area contributed by atoms with Gasteiger partial charge in [-0.05, 0) is 54.3 Å². The van der Waals surface area contributed by atoms with Crippen molar-refractivity contribution in [3.8, 4) is 0 Å². The third kappa shape index (κ3) is 6.24. The maximum atomic E-state index is 13.6. The first-order valence-corrected chi connectivity index (χ1v) is 14.2. The number of para-hydroxylation sites is 1. The highest BCUT2D eigenvalue weighted by molar-refractivity contribution is 9.10. The number of halogens is 1. The number of aromatic amines is 1.